The second kappa shape index (κ2) is 3.23. The third-order valence-corrected chi connectivity index (χ3v) is 2.73. The molecule has 15 heavy (non-hydrogen) atoms. The van der Waals surface area contributed by atoms with Gasteiger partial charge < -0.3 is 10.1 Å². The van der Waals surface area contributed by atoms with Gasteiger partial charge in [-0.1, -0.05) is 12.2 Å². The van der Waals surface area contributed by atoms with E-state index in [9.17, 15) is 4.79 Å². The van der Waals surface area contributed by atoms with Crippen LogP contribution in [-0.2, 0) is 4.74 Å². The van der Waals surface area contributed by atoms with Gasteiger partial charge in [-0.15, -0.1) is 0 Å². The minimum absolute atomic E-state index is 0.109. The molecule has 0 radical (unpaired) electrons. The largest absolute Gasteiger partial charge is 0.444 e. The number of carbonyl (C=O) groups excluding carboxylic acids is 1. The molecule has 1 fully saturated rings. The summed E-state index contributed by atoms with van der Waals surface area (Å²) in [6.07, 6.45) is 3.92. The first-order chi connectivity index (χ1) is 6.93. The van der Waals surface area contributed by atoms with E-state index in [0.717, 1.165) is 13.1 Å². The summed E-state index contributed by atoms with van der Waals surface area (Å²) in [6.45, 7) is 8.00. The third-order valence-electron chi connectivity index (χ3n) is 2.73. The number of amides is 1. The van der Waals surface area contributed by atoms with Crippen molar-refractivity contribution in [1.82, 2.24) is 10.2 Å². The Morgan fingerprint density at radius 2 is 2.13 bits per heavy atom. The fourth-order valence-corrected chi connectivity index (χ4v) is 1.91. The van der Waals surface area contributed by atoms with Gasteiger partial charge in [0, 0.05) is 19.6 Å². The summed E-state index contributed by atoms with van der Waals surface area (Å²) in [6, 6.07) is 0. The molecule has 1 spiro atoms. The Hall–Kier alpha value is -1.03. The van der Waals surface area contributed by atoms with E-state index >= 15 is 0 Å². The zero-order valence-electron chi connectivity index (χ0n) is 9.54. The first-order valence-electron chi connectivity index (χ1n) is 5.32. The monoisotopic (exact) mass is 210 g/mol. The molecule has 2 aliphatic heterocycles. The van der Waals surface area contributed by atoms with Crippen LogP contribution in [0.15, 0.2) is 12.2 Å². The molecule has 1 N–H and O–H groups in total. The molecule has 1 saturated heterocycles. The second-order valence-electron chi connectivity index (χ2n) is 5.20. The fraction of sp³-hybridized carbons (Fsp3) is 0.727. The molecule has 2 heterocycles. The maximum atomic E-state index is 11.9. The molecule has 0 aromatic carbocycles. The van der Waals surface area contributed by atoms with Crippen LogP contribution in [-0.4, -0.2) is 41.8 Å². The lowest BCUT2D eigenvalue weighted by Crippen LogP contribution is -2.67. The van der Waals surface area contributed by atoms with Gasteiger partial charge in [0.05, 0.1) is 5.54 Å². The van der Waals surface area contributed by atoms with Gasteiger partial charge >= 0.3 is 6.09 Å². The standard InChI is InChI=1S/C11H18N2O2/c1-10(2,3)15-9(14)13-6-4-5-11(13)7-12-8-11/h4-5,12H,6-8H2,1-3H3. The Labute approximate surface area is 90.3 Å². The van der Waals surface area contributed by atoms with Crippen LogP contribution in [0, 0.1) is 0 Å². The number of rotatable bonds is 0. The van der Waals surface area contributed by atoms with Gasteiger partial charge in [0.25, 0.3) is 0 Å². The number of hydrogen-bond acceptors (Lipinski definition) is 3. The van der Waals surface area contributed by atoms with Gasteiger partial charge in [-0.3, -0.25) is 4.90 Å². The van der Waals surface area contributed by atoms with E-state index in [4.69, 9.17) is 4.74 Å². The van der Waals surface area contributed by atoms with Crippen LogP contribution in [0.4, 0.5) is 4.79 Å². The van der Waals surface area contributed by atoms with E-state index < -0.39 is 5.60 Å². The van der Waals surface area contributed by atoms with Crippen molar-refractivity contribution < 1.29 is 9.53 Å². The van der Waals surface area contributed by atoms with E-state index in [2.05, 4.69) is 11.4 Å². The Kier molecular flexibility index (Phi) is 2.26. The number of nitrogens with one attached hydrogen (secondary N) is 1. The summed E-state index contributed by atoms with van der Waals surface area (Å²) in [5, 5.41) is 3.19. The maximum Gasteiger partial charge on any atom is 0.411 e. The van der Waals surface area contributed by atoms with Crippen molar-refractivity contribution in [3.63, 3.8) is 0 Å². The molecule has 2 aliphatic rings. The molecule has 0 saturated carbocycles. The Bertz CT molecular complexity index is 300. The summed E-state index contributed by atoms with van der Waals surface area (Å²) in [4.78, 5) is 13.7. The van der Waals surface area contributed by atoms with E-state index in [1.54, 1.807) is 4.90 Å². The van der Waals surface area contributed by atoms with Crippen LogP contribution in [0.2, 0.25) is 0 Å². The van der Waals surface area contributed by atoms with Gasteiger partial charge in [0.2, 0.25) is 0 Å². The number of carbonyl (C=O) groups is 1. The summed E-state index contributed by atoms with van der Waals surface area (Å²) in [5.41, 5.74) is -0.527. The lowest BCUT2D eigenvalue weighted by molar-refractivity contribution is 0.00331. The molecule has 2 rings (SSSR count). The fourth-order valence-electron chi connectivity index (χ4n) is 1.91. The second-order valence-corrected chi connectivity index (χ2v) is 5.20. The molecular weight excluding hydrogens is 192 g/mol. The van der Waals surface area contributed by atoms with Crippen LogP contribution in [0.1, 0.15) is 20.8 Å². The summed E-state index contributed by atoms with van der Waals surface area (Å²) < 4.78 is 5.37. The van der Waals surface area contributed by atoms with Gasteiger partial charge in [0.1, 0.15) is 5.60 Å². The minimum atomic E-state index is -0.419. The SMILES string of the molecule is CC(C)(C)OC(=O)N1CC=CC12CNC2. The van der Waals surface area contributed by atoms with E-state index in [1.165, 1.54) is 0 Å². The average molecular weight is 210 g/mol. The van der Waals surface area contributed by atoms with Crippen LogP contribution in [0.25, 0.3) is 0 Å². The number of hydrogen-bond donors (Lipinski definition) is 1. The molecule has 0 unspecified atom stereocenters. The molecule has 0 aliphatic carbocycles. The highest BCUT2D eigenvalue weighted by Crippen LogP contribution is 2.28. The van der Waals surface area contributed by atoms with Crippen molar-refractivity contribution >= 4 is 6.09 Å². The Morgan fingerprint density at radius 1 is 1.47 bits per heavy atom. The van der Waals surface area contributed by atoms with Crippen molar-refractivity contribution in [3.8, 4) is 0 Å². The average Bonchev–Trinajstić information content (AvgIpc) is 2.42. The molecular formula is C11H18N2O2. The molecule has 4 heteroatoms. The van der Waals surface area contributed by atoms with Crippen molar-refractivity contribution in [2.45, 2.75) is 31.9 Å². The van der Waals surface area contributed by atoms with Gasteiger partial charge in [-0.2, -0.15) is 0 Å². The molecule has 0 bridgehead atoms. The molecule has 0 atom stereocenters. The smallest absolute Gasteiger partial charge is 0.411 e. The topological polar surface area (TPSA) is 41.6 Å². The Morgan fingerprint density at radius 3 is 2.60 bits per heavy atom. The van der Waals surface area contributed by atoms with Crippen molar-refractivity contribution in [3.05, 3.63) is 12.2 Å². The predicted molar refractivity (Wildman–Crippen MR) is 57.7 cm³/mol. The van der Waals surface area contributed by atoms with Crippen molar-refractivity contribution in [1.29, 1.82) is 0 Å². The van der Waals surface area contributed by atoms with Crippen molar-refractivity contribution in [2.75, 3.05) is 19.6 Å². The normalized spacial score (nSPS) is 23.0. The van der Waals surface area contributed by atoms with E-state index in [-0.39, 0.29) is 11.6 Å². The number of nitrogens with zero attached hydrogens (tertiary/aromatic N) is 1. The molecule has 1 amide bonds. The highest BCUT2D eigenvalue weighted by atomic mass is 16.6. The van der Waals surface area contributed by atoms with Crippen LogP contribution < -0.4 is 5.32 Å². The van der Waals surface area contributed by atoms with Crippen LogP contribution in [0.5, 0.6) is 0 Å². The molecule has 84 valence electrons. The van der Waals surface area contributed by atoms with Gasteiger partial charge in [-0.05, 0) is 20.8 Å². The first-order valence-corrected chi connectivity index (χ1v) is 5.32. The zero-order chi connectivity index (χ0) is 11.1. The highest BCUT2D eigenvalue weighted by Gasteiger charge is 2.46. The Balaban J connectivity index is 2.02. The number of ether oxygens (including phenoxy) is 1. The van der Waals surface area contributed by atoms with E-state index in [1.807, 2.05) is 26.8 Å². The zero-order valence-corrected chi connectivity index (χ0v) is 9.54. The van der Waals surface area contributed by atoms with Gasteiger partial charge in [0.15, 0.2) is 0 Å². The first kappa shape index (κ1) is 10.5. The van der Waals surface area contributed by atoms with Crippen molar-refractivity contribution in [2.24, 2.45) is 0 Å². The quantitative estimate of drug-likeness (QED) is 0.609. The maximum absolute atomic E-state index is 11.9. The summed E-state index contributed by atoms with van der Waals surface area (Å²) >= 11 is 0. The summed E-state index contributed by atoms with van der Waals surface area (Å²) in [7, 11) is 0. The molecule has 0 aromatic heterocycles. The third kappa shape index (κ3) is 1.86. The molecule has 0 aromatic rings. The van der Waals surface area contributed by atoms with E-state index in [0.29, 0.717) is 6.54 Å². The molecule has 4 nitrogen and oxygen atoms in total. The van der Waals surface area contributed by atoms with Gasteiger partial charge in [-0.25, -0.2) is 4.79 Å². The van der Waals surface area contributed by atoms with Crippen LogP contribution >= 0.6 is 0 Å². The lowest BCUT2D eigenvalue weighted by atomic mass is 9.93. The minimum Gasteiger partial charge on any atom is -0.444 e. The summed E-state index contributed by atoms with van der Waals surface area (Å²) in [5.74, 6) is 0. The predicted octanol–water partition coefficient (Wildman–Crippen LogP) is 1.14. The van der Waals surface area contributed by atoms with Crippen LogP contribution in [0.3, 0.4) is 0 Å². The highest BCUT2D eigenvalue weighted by molar-refractivity contribution is 5.71. The lowest BCUT2D eigenvalue weighted by Gasteiger charge is -2.45.